The summed E-state index contributed by atoms with van der Waals surface area (Å²) in [6.07, 6.45) is -5.36. The maximum absolute atomic E-state index is 13.5. The van der Waals surface area contributed by atoms with Crippen molar-refractivity contribution in [3.05, 3.63) is 33.8 Å². The van der Waals surface area contributed by atoms with E-state index in [1.165, 1.54) is 0 Å². The van der Waals surface area contributed by atoms with E-state index in [1.807, 2.05) is 0 Å². The van der Waals surface area contributed by atoms with Crippen molar-refractivity contribution in [3.8, 4) is 0 Å². The molecule has 21 heavy (non-hydrogen) atoms. The monoisotopic (exact) mass is 375 g/mol. The molecular weight excluding hydrogens is 369 g/mol. The highest BCUT2D eigenvalue weighted by molar-refractivity contribution is 9.10. The fourth-order valence-corrected chi connectivity index (χ4v) is 1.70. The molecule has 1 amide bonds. The Labute approximate surface area is 123 Å². The maximum Gasteiger partial charge on any atom is 0.422 e. The summed E-state index contributed by atoms with van der Waals surface area (Å²) >= 11 is 2.73. The number of carboxylic acid groups (broad SMARTS) is 1. The summed E-state index contributed by atoms with van der Waals surface area (Å²) in [5, 5.41) is 9.71. The van der Waals surface area contributed by atoms with Crippen LogP contribution in [0.1, 0.15) is 17.3 Å². The Kier molecular flexibility index (Phi) is 4.61. The molecule has 1 aromatic carbocycles. The summed E-state index contributed by atoms with van der Waals surface area (Å²) in [5.74, 6) is -7.12. The first-order valence-electron chi connectivity index (χ1n) is 5.17. The standard InChI is InChI=1S/C11H7BrF5NO3/c1-10(9(20)21,11(15,16)17)18-8(19)7-5(13)2-4(12)3-6(7)14/h2-3H,1H3,(H,18,19)(H,20,21). The molecule has 10 heteroatoms. The zero-order valence-electron chi connectivity index (χ0n) is 10.2. The van der Waals surface area contributed by atoms with Gasteiger partial charge in [0.05, 0.1) is 0 Å². The second-order valence-corrected chi connectivity index (χ2v) is 5.04. The van der Waals surface area contributed by atoms with Crippen LogP contribution in [-0.4, -0.2) is 28.7 Å². The largest absolute Gasteiger partial charge is 0.479 e. The predicted molar refractivity (Wildman–Crippen MR) is 63.6 cm³/mol. The molecule has 0 aromatic heterocycles. The number of aliphatic carboxylic acids is 1. The third-order valence-electron chi connectivity index (χ3n) is 2.59. The molecule has 4 nitrogen and oxygen atoms in total. The van der Waals surface area contributed by atoms with Crippen molar-refractivity contribution < 1.29 is 36.6 Å². The number of carbonyl (C=O) groups excluding carboxylic acids is 1. The topological polar surface area (TPSA) is 66.4 Å². The van der Waals surface area contributed by atoms with Crippen LogP contribution in [0.25, 0.3) is 0 Å². The lowest BCUT2D eigenvalue weighted by Crippen LogP contribution is -2.62. The zero-order valence-corrected chi connectivity index (χ0v) is 11.8. The maximum atomic E-state index is 13.5. The third-order valence-corrected chi connectivity index (χ3v) is 3.05. The van der Waals surface area contributed by atoms with E-state index in [9.17, 15) is 31.5 Å². The molecule has 2 N–H and O–H groups in total. The first-order chi connectivity index (χ1) is 9.40. The van der Waals surface area contributed by atoms with E-state index >= 15 is 0 Å². The quantitative estimate of drug-likeness (QED) is 0.798. The minimum absolute atomic E-state index is 0.0779. The normalized spacial score (nSPS) is 14.4. The van der Waals surface area contributed by atoms with Crippen LogP contribution in [-0.2, 0) is 4.79 Å². The molecule has 1 aromatic rings. The van der Waals surface area contributed by atoms with Crippen LogP contribution in [0.15, 0.2) is 16.6 Å². The number of hydrogen-bond acceptors (Lipinski definition) is 2. The predicted octanol–water partition coefficient (Wildman–Crippen LogP) is 2.86. The lowest BCUT2D eigenvalue weighted by Gasteiger charge is -2.28. The summed E-state index contributed by atoms with van der Waals surface area (Å²) in [7, 11) is 0. The smallest absolute Gasteiger partial charge is 0.422 e. The van der Waals surface area contributed by atoms with Crippen molar-refractivity contribution in [2.75, 3.05) is 0 Å². The Morgan fingerprint density at radius 2 is 1.62 bits per heavy atom. The van der Waals surface area contributed by atoms with E-state index in [-0.39, 0.29) is 11.4 Å². The SMILES string of the molecule is CC(NC(=O)c1c(F)cc(Br)cc1F)(C(=O)O)C(F)(F)F. The Hall–Kier alpha value is -1.71. The van der Waals surface area contributed by atoms with Crippen LogP contribution in [0.5, 0.6) is 0 Å². The molecule has 1 unspecified atom stereocenters. The Morgan fingerprint density at radius 3 is 1.95 bits per heavy atom. The van der Waals surface area contributed by atoms with E-state index < -0.39 is 40.8 Å². The number of alkyl halides is 3. The van der Waals surface area contributed by atoms with Crippen LogP contribution in [0.3, 0.4) is 0 Å². The highest BCUT2D eigenvalue weighted by Crippen LogP contribution is 2.31. The third kappa shape index (κ3) is 3.31. The Bertz CT molecular complexity index is 581. The van der Waals surface area contributed by atoms with Crippen LogP contribution >= 0.6 is 15.9 Å². The van der Waals surface area contributed by atoms with Gasteiger partial charge < -0.3 is 10.4 Å². The number of halogens is 6. The molecule has 0 saturated heterocycles. The molecule has 0 aliphatic heterocycles. The molecule has 0 radical (unpaired) electrons. The zero-order chi connectivity index (χ0) is 16.6. The Balaban J connectivity index is 3.25. The first kappa shape index (κ1) is 17.3. The molecule has 116 valence electrons. The van der Waals surface area contributed by atoms with Gasteiger partial charge in [-0.1, -0.05) is 15.9 Å². The average Bonchev–Trinajstić information content (AvgIpc) is 2.24. The highest BCUT2D eigenvalue weighted by atomic mass is 79.9. The number of hydrogen-bond donors (Lipinski definition) is 2. The summed E-state index contributed by atoms with van der Waals surface area (Å²) in [5.41, 5.74) is -4.99. The summed E-state index contributed by atoms with van der Waals surface area (Å²) in [6.45, 7) is 0.169. The number of benzene rings is 1. The average molecular weight is 376 g/mol. The molecule has 0 spiro atoms. The van der Waals surface area contributed by atoms with Gasteiger partial charge in [-0.25, -0.2) is 13.6 Å². The number of carbonyl (C=O) groups is 2. The van der Waals surface area contributed by atoms with E-state index in [0.717, 1.165) is 5.32 Å². The van der Waals surface area contributed by atoms with Gasteiger partial charge in [0.25, 0.3) is 5.91 Å². The molecule has 1 atom stereocenters. The van der Waals surface area contributed by atoms with Crippen LogP contribution in [0.2, 0.25) is 0 Å². The molecule has 1 rings (SSSR count). The van der Waals surface area contributed by atoms with Crippen molar-refractivity contribution in [1.82, 2.24) is 5.32 Å². The summed E-state index contributed by atoms with van der Waals surface area (Å²) in [4.78, 5) is 22.3. The molecule has 0 bridgehead atoms. The van der Waals surface area contributed by atoms with Gasteiger partial charge in [0.2, 0.25) is 5.54 Å². The molecule has 0 saturated carbocycles. The van der Waals surface area contributed by atoms with Crippen LogP contribution < -0.4 is 5.32 Å². The summed E-state index contributed by atoms with van der Waals surface area (Å²) < 4.78 is 65.0. The van der Waals surface area contributed by atoms with Gasteiger partial charge in [-0.15, -0.1) is 0 Å². The van der Waals surface area contributed by atoms with Gasteiger partial charge >= 0.3 is 12.1 Å². The number of rotatable bonds is 3. The number of carboxylic acids is 1. The van der Waals surface area contributed by atoms with Gasteiger partial charge in [-0.05, 0) is 19.1 Å². The van der Waals surface area contributed by atoms with Gasteiger partial charge in [0.15, 0.2) is 0 Å². The van der Waals surface area contributed by atoms with Gasteiger partial charge in [0, 0.05) is 4.47 Å². The Morgan fingerprint density at radius 1 is 1.19 bits per heavy atom. The van der Waals surface area contributed by atoms with Crippen molar-refractivity contribution >= 4 is 27.8 Å². The van der Waals surface area contributed by atoms with Crippen molar-refractivity contribution in [3.63, 3.8) is 0 Å². The van der Waals surface area contributed by atoms with Crippen molar-refractivity contribution in [2.45, 2.75) is 18.6 Å². The van der Waals surface area contributed by atoms with Crippen molar-refractivity contribution in [2.24, 2.45) is 0 Å². The second kappa shape index (κ2) is 5.58. The highest BCUT2D eigenvalue weighted by Gasteiger charge is 2.58. The fourth-order valence-electron chi connectivity index (χ4n) is 1.29. The van der Waals surface area contributed by atoms with Crippen molar-refractivity contribution in [1.29, 1.82) is 0 Å². The van der Waals surface area contributed by atoms with Crippen LogP contribution in [0, 0.1) is 11.6 Å². The van der Waals surface area contributed by atoms with Gasteiger partial charge in [0.1, 0.15) is 17.2 Å². The summed E-state index contributed by atoms with van der Waals surface area (Å²) in [6, 6.07) is 1.31. The minimum Gasteiger partial charge on any atom is -0.479 e. The first-order valence-corrected chi connectivity index (χ1v) is 5.96. The molecule has 0 aliphatic carbocycles. The van der Waals surface area contributed by atoms with E-state index in [2.05, 4.69) is 15.9 Å². The van der Waals surface area contributed by atoms with E-state index in [4.69, 9.17) is 5.11 Å². The number of nitrogens with one attached hydrogen (secondary N) is 1. The minimum atomic E-state index is -5.36. The van der Waals surface area contributed by atoms with E-state index in [0.29, 0.717) is 12.1 Å². The lowest BCUT2D eigenvalue weighted by molar-refractivity contribution is -0.203. The molecule has 0 fully saturated rings. The van der Waals surface area contributed by atoms with Gasteiger partial charge in [-0.3, -0.25) is 4.79 Å². The lowest BCUT2D eigenvalue weighted by atomic mass is 10.0. The fraction of sp³-hybridized carbons (Fsp3) is 0.273. The van der Waals surface area contributed by atoms with Gasteiger partial charge in [-0.2, -0.15) is 13.2 Å². The molecular formula is C11H7BrF5NO3. The molecule has 0 heterocycles. The second-order valence-electron chi connectivity index (χ2n) is 4.13. The molecule has 0 aliphatic rings. The number of amides is 1. The van der Waals surface area contributed by atoms with Crippen LogP contribution in [0.4, 0.5) is 22.0 Å². The van der Waals surface area contributed by atoms with E-state index in [1.54, 1.807) is 0 Å².